The van der Waals surface area contributed by atoms with Gasteiger partial charge < -0.3 is 19.7 Å². The van der Waals surface area contributed by atoms with Gasteiger partial charge in [-0.15, -0.1) is 0 Å². The molecule has 5 heteroatoms. The number of carboxylic acid groups (broad SMARTS) is 1. The van der Waals surface area contributed by atoms with E-state index in [-0.39, 0.29) is 18.0 Å². The van der Waals surface area contributed by atoms with Crippen LogP contribution in [0.15, 0.2) is 36.4 Å². The smallest absolute Gasteiger partial charge is 0.185 e. The van der Waals surface area contributed by atoms with Crippen molar-refractivity contribution in [3.05, 3.63) is 64.2 Å². The van der Waals surface area contributed by atoms with E-state index in [4.69, 9.17) is 4.74 Å². The van der Waals surface area contributed by atoms with Crippen molar-refractivity contribution in [1.29, 1.82) is 0 Å². The van der Waals surface area contributed by atoms with Gasteiger partial charge in [-0.1, -0.05) is 6.08 Å². The number of allylic oxidation sites excluding steroid dienone is 1. The number of carbonyl (C=O) groups excluding carboxylic acids is 2. The molecule has 0 aliphatic rings. The molecule has 0 heterocycles. The number of carbonyl (C=O) groups is 2. The van der Waals surface area contributed by atoms with Crippen molar-refractivity contribution < 1.29 is 24.5 Å². The minimum atomic E-state index is -1.24. The van der Waals surface area contributed by atoms with Crippen LogP contribution >= 0.6 is 0 Å². The number of hydrogen-bond acceptors (Lipinski definition) is 5. The van der Waals surface area contributed by atoms with Gasteiger partial charge >= 0.3 is 0 Å². The lowest BCUT2D eigenvalue weighted by molar-refractivity contribution is -0.304. The summed E-state index contributed by atoms with van der Waals surface area (Å²) >= 11 is 0. The van der Waals surface area contributed by atoms with Crippen molar-refractivity contribution in [3.8, 4) is 11.5 Å². The molecule has 0 radical (unpaired) electrons. The molecule has 0 saturated carbocycles. The van der Waals surface area contributed by atoms with Crippen LogP contribution in [-0.4, -0.2) is 24.0 Å². The summed E-state index contributed by atoms with van der Waals surface area (Å²) in [6.45, 7) is 3.58. The first-order chi connectivity index (χ1) is 11.8. The van der Waals surface area contributed by atoms with Crippen LogP contribution in [0.2, 0.25) is 0 Å². The second-order valence-electron chi connectivity index (χ2n) is 5.78. The Balaban J connectivity index is 2.27. The fourth-order valence-corrected chi connectivity index (χ4v) is 2.58. The lowest BCUT2D eigenvalue weighted by Crippen LogP contribution is -2.24. The second-order valence-corrected chi connectivity index (χ2v) is 5.78. The largest absolute Gasteiger partial charge is 0.550 e. The van der Waals surface area contributed by atoms with E-state index in [1.54, 1.807) is 44.2 Å². The Morgan fingerprint density at radius 2 is 1.80 bits per heavy atom. The normalized spacial score (nSPS) is 10.8. The van der Waals surface area contributed by atoms with Crippen molar-refractivity contribution >= 4 is 17.8 Å². The summed E-state index contributed by atoms with van der Waals surface area (Å²) in [5.41, 5.74) is 3.00. The predicted octanol–water partition coefficient (Wildman–Crippen LogP) is 2.21. The molecule has 2 rings (SSSR count). The summed E-state index contributed by atoms with van der Waals surface area (Å²) in [4.78, 5) is 23.2. The highest BCUT2D eigenvalue weighted by Crippen LogP contribution is 2.24. The Labute approximate surface area is 146 Å². The van der Waals surface area contributed by atoms with Crippen LogP contribution in [0.5, 0.6) is 11.5 Å². The number of aryl methyl sites for hydroxylation is 2. The summed E-state index contributed by atoms with van der Waals surface area (Å²) in [7, 11) is 1.44. The average Bonchev–Trinajstić information content (AvgIpc) is 2.56. The van der Waals surface area contributed by atoms with Gasteiger partial charge in [0, 0.05) is 23.5 Å². The number of phenols is 1. The molecule has 0 atom stereocenters. The summed E-state index contributed by atoms with van der Waals surface area (Å²) in [5.74, 6) is -0.862. The molecule has 130 valence electrons. The van der Waals surface area contributed by atoms with E-state index < -0.39 is 5.97 Å². The number of aliphatic carboxylic acids is 1. The number of benzene rings is 2. The van der Waals surface area contributed by atoms with Gasteiger partial charge in [-0.3, -0.25) is 4.79 Å². The Hall–Kier alpha value is -3.08. The minimum Gasteiger partial charge on any atom is -0.550 e. The molecule has 25 heavy (non-hydrogen) atoms. The molecule has 1 N–H and O–H groups in total. The SMILES string of the molecule is COc1ccc(C(=O)/C=C/c2cc(C)c(O)c(C)c2)cc1CC(=O)[O-]. The number of carboxylic acids is 1. The highest BCUT2D eigenvalue weighted by molar-refractivity contribution is 6.07. The van der Waals surface area contributed by atoms with E-state index >= 15 is 0 Å². The van der Waals surface area contributed by atoms with Gasteiger partial charge in [0.1, 0.15) is 11.5 Å². The lowest BCUT2D eigenvalue weighted by atomic mass is 10.0. The molecule has 0 amide bonds. The van der Waals surface area contributed by atoms with E-state index in [1.165, 1.54) is 19.3 Å². The maximum absolute atomic E-state index is 12.4. The van der Waals surface area contributed by atoms with E-state index in [9.17, 15) is 19.8 Å². The molecular weight excluding hydrogens is 320 g/mol. The quantitative estimate of drug-likeness (QED) is 0.644. The second kappa shape index (κ2) is 7.66. The van der Waals surface area contributed by atoms with Gasteiger partial charge in [0.05, 0.1) is 7.11 Å². The van der Waals surface area contributed by atoms with E-state index in [0.29, 0.717) is 16.9 Å². The van der Waals surface area contributed by atoms with E-state index in [2.05, 4.69) is 0 Å². The lowest BCUT2D eigenvalue weighted by Gasteiger charge is -2.10. The highest BCUT2D eigenvalue weighted by atomic mass is 16.5. The molecule has 0 saturated heterocycles. The fraction of sp³-hybridized carbons (Fsp3) is 0.200. The maximum atomic E-state index is 12.4. The first-order valence-corrected chi connectivity index (χ1v) is 7.71. The van der Waals surface area contributed by atoms with Gasteiger partial charge in [-0.05, 0) is 66.9 Å². The number of aromatic hydroxyl groups is 1. The van der Waals surface area contributed by atoms with Crippen molar-refractivity contribution in [2.45, 2.75) is 20.3 Å². The number of rotatable bonds is 6. The molecular formula is C20H19O5-. The Morgan fingerprint density at radius 3 is 2.36 bits per heavy atom. The summed E-state index contributed by atoms with van der Waals surface area (Å²) in [6.07, 6.45) is 2.74. The van der Waals surface area contributed by atoms with Crippen LogP contribution < -0.4 is 9.84 Å². The fourth-order valence-electron chi connectivity index (χ4n) is 2.58. The number of hydrogen-bond donors (Lipinski definition) is 1. The van der Waals surface area contributed by atoms with Crippen LogP contribution in [0.3, 0.4) is 0 Å². The molecule has 0 aliphatic heterocycles. The Bertz CT molecular complexity index is 826. The molecule has 0 spiro atoms. The Morgan fingerprint density at radius 1 is 1.16 bits per heavy atom. The van der Waals surface area contributed by atoms with E-state index in [1.807, 2.05) is 0 Å². The van der Waals surface area contributed by atoms with Crippen molar-refractivity contribution in [1.82, 2.24) is 0 Å². The monoisotopic (exact) mass is 339 g/mol. The Kier molecular flexibility index (Phi) is 5.60. The zero-order valence-corrected chi connectivity index (χ0v) is 14.3. The molecule has 0 unspecified atom stereocenters. The molecule has 2 aromatic rings. The first kappa shape index (κ1) is 18.3. The molecule has 2 aromatic carbocycles. The van der Waals surface area contributed by atoms with Crippen molar-refractivity contribution in [2.75, 3.05) is 7.11 Å². The van der Waals surface area contributed by atoms with Gasteiger partial charge in [0.25, 0.3) is 0 Å². The number of methoxy groups -OCH3 is 1. The molecule has 0 aliphatic carbocycles. The van der Waals surface area contributed by atoms with Crippen LogP contribution in [-0.2, 0) is 11.2 Å². The highest BCUT2D eigenvalue weighted by Gasteiger charge is 2.09. The predicted molar refractivity (Wildman–Crippen MR) is 92.7 cm³/mol. The van der Waals surface area contributed by atoms with Crippen LogP contribution in [0.4, 0.5) is 0 Å². The number of ketones is 1. The topological polar surface area (TPSA) is 86.7 Å². The molecule has 5 nitrogen and oxygen atoms in total. The van der Waals surface area contributed by atoms with Gasteiger partial charge in [0.2, 0.25) is 0 Å². The minimum absolute atomic E-state index is 0.241. The van der Waals surface area contributed by atoms with Crippen molar-refractivity contribution in [2.24, 2.45) is 0 Å². The third-order valence-electron chi connectivity index (χ3n) is 3.84. The molecule has 0 aromatic heterocycles. The number of ether oxygens (including phenoxy) is 1. The van der Waals surface area contributed by atoms with Crippen LogP contribution in [0.1, 0.15) is 32.6 Å². The standard InChI is InChI=1S/C20H20O5/c1-12-8-14(9-13(2)20(12)24)4-6-17(21)15-5-7-18(25-3)16(10-15)11-19(22)23/h4-10,24H,11H2,1-3H3,(H,22,23)/p-1/b6-4+. The maximum Gasteiger partial charge on any atom is 0.185 e. The van der Waals surface area contributed by atoms with Crippen LogP contribution in [0, 0.1) is 13.8 Å². The zero-order valence-electron chi connectivity index (χ0n) is 14.3. The van der Waals surface area contributed by atoms with E-state index in [0.717, 1.165) is 16.7 Å². The third kappa shape index (κ3) is 4.47. The zero-order chi connectivity index (χ0) is 18.6. The first-order valence-electron chi connectivity index (χ1n) is 7.71. The summed E-state index contributed by atoms with van der Waals surface area (Å²) in [5, 5.41) is 20.6. The van der Waals surface area contributed by atoms with Gasteiger partial charge in [0.15, 0.2) is 5.78 Å². The van der Waals surface area contributed by atoms with Crippen molar-refractivity contribution in [3.63, 3.8) is 0 Å². The van der Waals surface area contributed by atoms with Gasteiger partial charge in [-0.2, -0.15) is 0 Å². The van der Waals surface area contributed by atoms with Crippen LogP contribution in [0.25, 0.3) is 6.08 Å². The molecule has 0 bridgehead atoms. The summed E-state index contributed by atoms with van der Waals surface area (Å²) < 4.78 is 5.10. The average molecular weight is 339 g/mol. The summed E-state index contributed by atoms with van der Waals surface area (Å²) in [6, 6.07) is 8.20. The van der Waals surface area contributed by atoms with Gasteiger partial charge in [-0.25, -0.2) is 0 Å². The third-order valence-corrected chi connectivity index (χ3v) is 3.84. The number of phenolic OH excluding ortho intramolecular Hbond substituents is 1. The molecule has 0 fully saturated rings.